The number of nitrogens with one attached hydrogen (secondary N) is 2. The number of aliphatic carboxylic acids is 1. The number of alkyl halides is 2. The number of nitrogens with zero attached hydrogens (tertiary/aromatic N) is 1. The van der Waals surface area contributed by atoms with Gasteiger partial charge in [0.1, 0.15) is 10.6 Å². The van der Waals surface area contributed by atoms with Crippen molar-refractivity contribution in [3.63, 3.8) is 0 Å². The van der Waals surface area contributed by atoms with Gasteiger partial charge in [-0.25, -0.2) is 18.0 Å². The Morgan fingerprint density at radius 3 is 2.31 bits per heavy atom. The Hall–Kier alpha value is -4.78. The number of ether oxygens (including phenoxy) is 1. The Morgan fingerprint density at radius 1 is 1.00 bits per heavy atom. The lowest BCUT2D eigenvalue weighted by Crippen LogP contribution is -2.42. The van der Waals surface area contributed by atoms with Crippen LogP contribution in [-0.4, -0.2) is 56.8 Å². The lowest BCUT2D eigenvalue weighted by atomic mass is 9.93. The van der Waals surface area contributed by atoms with Crippen LogP contribution in [0.15, 0.2) is 77.7 Å². The number of carboxylic acids is 1. The van der Waals surface area contributed by atoms with Crippen LogP contribution in [0.3, 0.4) is 0 Å². The molecule has 0 spiro atoms. The van der Waals surface area contributed by atoms with Gasteiger partial charge in [0, 0.05) is 23.2 Å². The second-order valence-corrected chi connectivity index (χ2v) is 13.5. The number of carbonyl (C=O) groups is 3. The van der Waals surface area contributed by atoms with Gasteiger partial charge in [-0.1, -0.05) is 43.7 Å². The van der Waals surface area contributed by atoms with Gasteiger partial charge in [-0.05, 0) is 91.3 Å². The highest BCUT2D eigenvalue weighted by molar-refractivity contribution is 7.90. The van der Waals surface area contributed by atoms with Gasteiger partial charge in [0.25, 0.3) is 5.91 Å². The molecule has 3 aromatic rings. The molecule has 0 heterocycles. The molecule has 4 rings (SSSR count). The van der Waals surface area contributed by atoms with Crippen molar-refractivity contribution in [3.05, 3.63) is 89.5 Å². The molecule has 3 amide bonds. The van der Waals surface area contributed by atoms with Crippen LogP contribution < -0.4 is 20.3 Å². The highest BCUT2D eigenvalue weighted by Crippen LogP contribution is 2.31. The van der Waals surface area contributed by atoms with Crippen molar-refractivity contribution in [2.45, 2.75) is 62.8 Å². The number of amides is 3. The maximum atomic E-state index is 13.8. The number of carboxylic acid groups (broad SMARTS) is 1. The first-order chi connectivity index (χ1) is 22.8. The minimum absolute atomic E-state index is 0.0237. The van der Waals surface area contributed by atoms with E-state index in [0.717, 1.165) is 50.3 Å². The SMILES string of the molecule is CCCCOc1ccc(NC(=O)N(Cc2ccc(C(=O)NCC(F)(F)C(=O)O)cc2)c2ccc(C3=CCCCC3)cc2)cc1S(C)(=O)=O. The van der Waals surface area contributed by atoms with Crippen molar-refractivity contribution in [2.24, 2.45) is 0 Å². The summed E-state index contributed by atoms with van der Waals surface area (Å²) in [7, 11) is -3.69. The number of hydrogen-bond donors (Lipinski definition) is 3. The number of rotatable bonds is 14. The molecule has 0 unspecified atom stereocenters. The number of sulfone groups is 1. The lowest BCUT2D eigenvalue weighted by Gasteiger charge is -2.24. The standard InChI is InChI=1S/C35H39F2N3O7S/c1-3-4-20-47-30-19-16-28(21-31(30)48(2,45)46)39-34(44)40(29-17-14-26(15-18-29)25-8-6-5-7-9-25)22-24-10-12-27(13-11-24)32(41)38-23-35(36,37)33(42)43/h8,10-19,21H,3-7,9,20,22-23H2,1-2H3,(H,38,41)(H,39,44)(H,42,43). The highest BCUT2D eigenvalue weighted by Gasteiger charge is 2.39. The van der Waals surface area contributed by atoms with Crippen LogP contribution in [0.2, 0.25) is 0 Å². The summed E-state index contributed by atoms with van der Waals surface area (Å²) in [5.74, 6) is -7.14. The number of benzene rings is 3. The van der Waals surface area contributed by atoms with Crippen molar-refractivity contribution in [2.75, 3.05) is 29.6 Å². The first kappa shape index (κ1) is 36.1. The van der Waals surface area contributed by atoms with E-state index in [0.29, 0.717) is 17.9 Å². The van der Waals surface area contributed by atoms with E-state index in [1.54, 1.807) is 18.2 Å². The molecule has 3 N–H and O–H groups in total. The van der Waals surface area contributed by atoms with Gasteiger partial charge in [0.2, 0.25) is 0 Å². The molecule has 0 bridgehead atoms. The average molecular weight is 684 g/mol. The van der Waals surface area contributed by atoms with Crippen LogP contribution in [-0.2, 0) is 21.2 Å². The average Bonchev–Trinajstić information content (AvgIpc) is 3.07. The molecule has 1 aliphatic carbocycles. The molecule has 13 heteroatoms. The second kappa shape index (κ2) is 15.9. The van der Waals surface area contributed by atoms with E-state index in [1.165, 1.54) is 34.7 Å². The summed E-state index contributed by atoms with van der Waals surface area (Å²) >= 11 is 0. The summed E-state index contributed by atoms with van der Waals surface area (Å²) in [5.41, 5.74) is 3.70. The summed E-state index contributed by atoms with van der Waals surface area (Å²) in [6.07, 6.45) is 9.15. The number of carbonyl (C=O) groups excluding carboxylic acids is 2. The Bertz CT molecular complexity index is 1760. The van der Waals surface area contributed by atoms with Crippen molar-refractivity contribution in [1.29, 1.82) is 0 Å². The van der Waals surface area contributed by atoms with Gasteiger partial charge in [-0.2, -0.15) is 8.78 Å². The van der Waals surface area contributed by atoms with Gasteiger partial charge in [0.15, 0.2) is 9.84 Å². The molecule has 256 valence electrons. The number of unbranched alkanes of at least 4 members (excludes halogenated alkanes) is 1. The minimum Gasteiger partial charge on any atom is -0.492 e. The minimum atomic E-state index is -4.11. The smallest absolute Gasteiger partial charge is 0.376 e. The quantitative estimate of drug-likeness (QED) is 0.157. The van der Waals surface area contributed by atoms with Crippen LogP contribution in [0.4, 0.5) is 25.0 Å². The Balaban J connectivity index is 1.58. The molecule has 48 heavy (non-hydrogen) atoms. The molecule has 0 saturated carbocycles. The molecule has 0 saturated heterocycles. The largest absolute Gasteiger partial charge is 0.492 e. The first-order valence-corrected chi connectivity index (χ1v) is 17.5. The molecule has 0 atom stereocenters. The van der Waals surface area contributed by atoms with Crippen LogP contribution in [0.25, 0.3) is 5.57 Å². The van der Waals surface area contributed by atoms with Crippen molar-refractivity contribution < 1.29 is 41.4 Å². The van der Waals surface area contributed by atoms with Crippen LogP contribution in [0, 0.1) is 0 Å². The Kier molecular flexibility index (Phi) is 11.9. The topological polar surface area (TPSA) is 142 Å². The Morgan fingerprint density at radius 2 is 1.71 bits per heavy atom. The van der Waals surface area contributed by atoms with Crippen molar-refractivity contribution in [3.8, 4) is 5.75 Å². The number of allylic oxidation sites excluding steroid dienone is 2. The molecule has 3 aromatic carbocycles. The van der Waals surface area contributed by atoms with E-state index >= 15 is 0 Å². The van der Waals surface area contributed by atoms with Crippen LogP contribution in [0.5, 0.6) is 5.75 Å². The molecule has 0 aromatic heterocycles. The first-order valence-electron chi connectivity index (χ1n) is 15.6. The Labute approximate surface area is 278 Å². The van der Waals surface area contributed by atoms with E-state index < -0.39 is 40.2 Å². The fourth-order valence-electron chi connectivity index (χ4n) is 5.06. The molecule has 0 fully saturated rings. The maximum Gasteiger partial charge on any atom is 0.376 e. The van der Waals surface area contributed by atoms with Crippen LogP contribution >= 0.6 is 0 Å². The third kappa shape index (κ3) is 9.63. The van der Waals surface area contributed by atoms with Crippen molar-refractivity contribution in [1.82, 2.24) is 5.32 Å². The fourth-order valence-corrected chi connectivity index (χ4v) is 5.89. The summed E-state index contributed by atoms with van der Waals surface area (Å²) in [4.78, 5) is 38.2. The van der Waals surface area contributed by atoms with Gasteiger partial charge in [-0.15, -0.1) is 0 Å². The maximum absolute atomic E-state index is 13.8. The zero-order valence-corrected chi connectivity index (χ0v) is 27.6. The van der Waals surface area contributed by atoms with Gasteiger partial charge >= 0.3 is 17.9 Å². The van der Waals surface area contributed by atoms with E-state index in [2.05, 4.69) is 11.4 Å². The van der Waals surface area contributed by atoms with Gasteiger partial charge in [-0.3, -0.25) is 9.69 Å². The van der Waals surface area contributed by atoms with E-state index in [4.69, 9.17) is 9.84 Å². The fraction of sp³-hybridized carbons (Fsp3) is 0.343. The third-order valence-electron chi connectivity index (χ3n) is 7.78. The third-order valence-corrected chi connectivity index (χ3v) is 8.89. The zero-order chi connectivity index (χ0) is 34.9. The van der Waals surface area contributed by atoms with Crippen molar-refractivity contribution >= 4 is 44.7 Å². The number of anilines is 2. The van der Waals surface area contributed by atoms with E-state index in [-0.39, 0.29) is 28.4 Å². The summed E-state index contributed by atoms with van der Waals surface area (Å²) in [6.45, 7) is 1.01. The number of hydrogen-bond acceptors (Lipinski definition) is 6. The molecular weight excluding hydrogens is 644 g/mol. The predicted octanol–water partition coefficient (Wildman–Crippen LogP) is 6.91. The molecule has 0 radical (unpaired) electrons. The predicted molar refractivity (Wildman–Crippen MR) is 179 cm³/mol. The van der Waals surface area contributed by atoms with Crippen LogP contribution in [0.1, 0.15) is 66.9 Å². The van der Waals surface area contributed by atoms with E-state index in [9.17, 15) is 31.6 Å². The van der Waals surface area contributed by atoms with Gasteiger partial charge in [0.05, 0.1) is 19.7 Å². The number of urea groups is 1. The second-order valence-electron chi connectivity index (χ2n) is 11.6. The summed E-state index contributed by atoms with van der Waals surface area (Å²) in [5, 5.41) is 13.3. The van der Waals surface area contributed by atoms with E-state index in [1.807, 2.05) is 36.5 Å². The molecular formula is C35H39F2N3O7S. The summed E-state index contributed by atoms with van der Waals surface area (Å²) < 4.78 is 57.7. The highest BCUT2D eigenvalue weighted by atomic mass is 32.2. The lowest BCUT2D eigenvalue weighted by molar-refractivity contribution is -0.163. The number of halogens is 2. The zero-order valence-electron chi connectivity index (χ0n) is 26.8. The molecule has 1 aliphatic rings. The molecule has 0 aliphatic heterocycles. The normalized spacial score (nSPS) is 13.3. The monoisotopic (exact) mass is 683 g/mol. The summed E-state index contributed by atoms with van der Waals surface area (Å²) in [6, 6.07) is 17.3. The molecule has 10 nitrogen and oxygen atoms in total. The van der Waals surface area contributed by atoms with Gasteiger partial charge < -0.3 is 20.5 Å².